The fourth-order valence-electron chi connectivity index (χ4n) is 1.88. The van der Waals surface area contributed by atoms with Gasteiger partial charge in [0.1, 0.15) is 11.6 Å². The highest BCUT2D eigenvalue weighted by atomic mass is 31.1. The molecule has 0 amide bonds. The van der Waals surface area contributed by atoms with E-state index >= 15 is 0 Å². The Bertz CT molecular complexity index is 577. The summed E-state index contributed by atoms with van der Waals surface area (Å²) in [5, 5.41) is 18.0. The molecule has 78 valence electrons. The second kappa shape index (κ2) is 3.93. The Morgan fingerprint density at radius 2 is 1.88 bits per heavy atom. The fourth-order valence-corrected chi connectivity index (χ4v) is 2.92. The molecule has 1 aromatic carbocycles. The first kappa shape index (κ1) is 10.6. The molecular weight excluding hydrogens is 219 g/mol. The molecule has 0 atom stereocenters. The molecule has 0 spiro atoms. The molecule has 1 aromatic heterocycles. The van der Waals surface area contributed by atoms with Gasteiger partial charge in [-0.2, -0.15) is 10.5 Å². The van der Waals surface area contributed by atoms with Gasteiger partial charge in [-0.05, 0) is 12.1 Å². The minimum Gasteiger partial charge on any atom is -0.224 e. The molecule has 0 N–H and O–H groups in total. The molecule has 5 heteroatoms. The number of rotatable bonds is 1. The van der Waals surface area contributed by atoms with Crippen LogP contribution in [-0.4, -0.2) is 4.57 Å². The number of benzene rings is 1. The number of fused-ring (bicyclic) bond motifs is 1. The zero-order valence-electron chi connectivity index (χ0n) is 9.05. The van der Waals surface area contributed by atoms with Gasteiger partial charge in [0.25, 0.3) is 0 Å². The summed E-state index contributed by atoms with van der Waals surface area (Å²) in [6, 6.07) is 7.88. The topological polar surface area (TPSA) is 56.4 Å². The van der Waals surface area contributed by atoms with Crippen molar-refractivity contribution in [3.05, 3.63) is 24.3 Å². The van der Waals surface area contributed by atoms with Gasteiger partial charge in [0.2, 0.25) is 7.92 Å². The molecular formula is C11H10N4P+. The van der Waals surface area contributed by atoms with E-state index in [0.29, 0.717) is 0 Å². The summed E-state index contributed by atoms with van der Waals surface area (Å²) in [5.41, 5.74) is 2.86. The second-order valence-corrected chi connectivity index (χ2v) is 4.91. The third-order valence-electron chi connectivity index (χ3n) is 2.60. The Hall–Kier alpha value is -1.90. The zero-order chi connectivity index (χ0) is 11.7. The molecule has 1 heterocycles. The summed E-state index contributed by atoms with van der Waals surface area (Å²) in [5.74, 6) is 4.15. The van der Waals surface area contributed by atoms with Crippen molar-refractivity contribution >= 4 is 24.5 Å². The van der Waals surface area contributed by atoms with E-state index in [2.05, 4.69) is 11.6 Å². The number of nitrogens with zero attached hydrogens (tertiary/aromatic N) is 4. The molecule has 0 radical (unpaired) electrons. The Morgan fingerprint density at radius 3 is 2.44 bits per heavy atom. The quantitative estimate of drug-likeness (QED) is 0.542. The van der Waals surface area contributed by atoms with Gasteiger partial charge in [-0.1, -0.05) is 12.1 Å². The predicted octanol–water partition coefficient (Wildman–Crippen LogP) is 1.07. The van der Waals surface area contributed by atoms with E-state index < -0.39 is 7.92 Å². The Labute approximate surface area is 94.7 Å². The van der Waals surface area contributed by atoms with Crippen LogP contribution in [0.1, 0.15) is 0 Å². The average Bonchev–Trinajstić information content (AvgIpc) is 2.57. The van der Waals surface area contributed by atoms with Gasteiger partial charge in [0.05, 0.1) is 14.1 Å². The lowest BCUT2D eigenvalue weighted by molar-refractivity contribution is -0.626. The van der Waals surface area contributed by atoms with Gasteiger partial charge in [-0.25, -0.2) is 9.13 Å². The fraction of sp³-hybridized carbons (Fsp3) is 0.182. The molecule has 0 aliphatic carbocycles. The van der Waals surface area contributed by atoms with Crippen molar-refractivity contribution in [1.82, 2.24) is 4.57 Å². The van der Waals surface area contributed by atoms with Gasteiger partial charge in [0, 0.05) is 0 Å². The van der Waals surface area contributed by atoms with E-state index in [-0.39, 0.29) is 0 Å². The van der Waals surface area contributed by atoms with Crippen LogP contribution >= 0.6 is 7.92 Å². The first-order valence-electron chi connectivity index (χ1n) is 4.73. The van der Waals surface area contributed by atoms with Crippen molar-refractivity contribution in [2.75, 3.05) is 0 Å². The lowest BCUT2D eigenvalue weighted by Crippen LogP contribution is -2.44. The van der Waals surface area contributed by atoms with E-state index in [9.17, 15) is 0 Å². The van der Waals surface area contributed by atoms with Crippen LogP contribution in [0.4, 0.5) is 0 Å². The Balaban J connectivity index is 2.82. The SMILES string of the molecule is Cn1c(P(C#N)C#N)[n+](C)c2ccccc21. The van der Waals surface area contributed by atoms with E-state index in [4.69, 9.17) is 10.5 Å². The lowest BCUT2D eigenvalue weighted by atomic mass is 10.3. The van der Waals surface area contributed by atoms with Crippen LogP contribution in [-0.2, 0) is 14.1 Å². The third kappa shape index (κ3) is 1.36. The summed E-state index contributed by atoms with van der Waals surface area (Å²) < 4.78 is 3.85. The monoisotopic (exact) mass is 229 g/mol. The number of nitriles is 2. The Kier molecular flexibility index (Phi) is 2.60. The van der Waals surface area contributed by atoms with E-state index in [1.807, 2.05) is 47.5 Å². The highest BCUT2D eigenvalue weighted by molar-refractivity contribution is 7.74. The normalized spacial score (nSPS) is 10.3. The van der Waals surface area contributed by atoms with Gasteiger partial charge >= 0.3 is 5.57 Å². The average molecular weight is 229 g/mol. The standard InChI is InChI=1S/C11H10N4P/c1-14-9-5-3-4-6-10(9)15(2)11(14)16(7-12)8-13/h3-6H,1-2H3/q+1. The van der Waals surface area contributed by atoms with Crippen LogP contribution in [0.3, 0.4) is 0 Å². The van der Waals surface area contributed by atoms with Crippen molar-refractivity contribution in [2.45, 2.75) is 0 Å². The molecule has 0 saturated heterocycles. The van der Waals surface area contributed by atoms with E-state index in [1.54, 1.807) is 0 Å². The number of aryl methyl sites for hydroxylation is 2. The maximum atomic E-state index is 8.98. The molecule has 2 rings (SSSR count). The predicted molar refractivity (Wildman–Crippen MR) is 61.9 cm³/mol. The maximum Gasteiger partial charge on any atom is 0.307 e. The van der Waals surface area contributed by atoms with Crippen LogP contribution in [0, 0.1) is 22.1 Å². The first-order chi connectivity index (χ1) is 7.70. The van der Waals surface area contributed by atoms with Gasteiger partial charge in [0.15, 0.2) is 11.0 Å². The summed E-state index contributed by atoms with van der Waals surface area (Å²) in [4.78, 5) is 0. The second-order valence-electron chi connectivity index (χ2n) is 3.44. The molecule has 16 heavy (non-hydrogen) atoms. The molecule has 0 saturated carbocycles. The summed E-state index contributed by atoms with van der Waals surface area (Å²) >= 11 is 0. The summed E-state index contributed by atoms with van der Waals surface area (Å²) in [7, 11) is 2.38. The third-order valence-corrected chi connectivity index (χ3v) is 4.00. The van der Waals surface area contributed by atoms with Crippen LogP contribution in [0.15, 0.2) is 24.3 Å². The van der Waals surface area contributed by atoms with Gasteiger partial charge in [-0.15, -0.1) is 0 Å². The number of imidazole rings is 1. The lowest BCUT2D eigenvalue weighted by Gasteiger charge is -1.95. The van der Waals surface area contributed by atoms with Crippen molar-refractivity contribution < 1.29 is 4.57 Å². The van der Waals surface area contributed by atoms with Gasteiger partial charge in [-0.3, -0.25) is 0 Å². The molecule has 0 aliphatic heterocycles. The number of hydrogen-bond acceptors (Lipinski definition) is 2. The Morgan fingerprint density at radius 1 is 1.25 bits per heavy atom. The van der Waals surface area contributed by atoms with E-state index in [0.717, 1.165) is 16.6 Å². The number of para-hydroxylation sites is 2. The summed E-state index contributed by atoms with van der Waals surface area (Å²) in [6.07, 6.45) is 0. The maximum absolute atomic E-state index is 8.98. The first-order valence-corrected chi connectivity index (χ1v) is 6.08. The molecule has 0 bridgehead atoms. The largest absolute Gasteiger partial charge is 0.307 e. The zero-order valence-corrected chi connectivity index (χ0v) is 9.94. The highest BCUT2D eigenvalue weighted by Crippen LogP contribution is 2.29. The minimum atomic E-state index is -1.40. The van der Waals surface area contributed by atoms with Crippen molar-refractivity contribution in [2.24, 2.45) is 14.1 Å². The van der Waals surface area contributed by atoms with Gasteiger partial charge < -0.3 is 0 Å². The molecule has 0 unspecified atom stereocenters. The van der Waals surface area contributed by atoms with E-state index in [1.165, 1.54) is 0 Å². The molecule has 2 aromatic rings. The van der Waals surface area contributed by atoms with Crippen molar-refractivity contribution in [1.29, 1.82) is 10.5 Å². The van der Waals surface area contributed by atoms with Crippen LogP contribution < -0.4 is 10.1 Å². The minimum absolute atomic E-state index is 0.779. The highest BCUT2D eigenvalue weighted by Gasteiger charge is 2.28. The summed E-state index contributed by atoms with van der Waals surface area (Å²) in [6.45, 7) is 0. The van der Waals surface area contributed by atoms with Crippen molar-refractivity contribution in [3.63, 3.8) is 0 Å². The molecule has 4 nitrogen and oxygen atoms in total. The van der Waals surface area contributed by atoms with Crippen molar-refractivity contribution in [3.8, 4) is 11.6 Å². The number of aromatic nitrogens is 2. The number of hydrogen-bond donors (Lipinski definition) is 0. The molecule has 0 aliphatic rings. The van der Waals surface area contributed by atoms with Crippen LogP contribution in [0.2, 0.25) is 0 Å². The smallest absolute Gasteiger partial charge is 0.224 e. The van der Waals surface area contributed by atoms with Crippen LogP contribution in [0.5, 0.6) is 0 Å². The molecule has 0 fully saturated rings. The van der Waals surface area contributed by atoms with Crippen LogP contribution in [0.25, 0.3) is 11.0 Å².